The number of carbonyl (C=O) groups excluding carboxylic acids is 1. The van der Waals surface area contributed by atoms with Crippen molar-refractivity contribution in [2.24, 2.45) is 5.92 Å². The summed E-state index contributed by atoms with van der Waals surface area (Å²) in [5.41, 5.74) is 0. The zero-order valence-corrected chi connectivity index (χ0v) is 10.9. The van der Waals surface area contributed by atoms with Crippen molar-refractivity contribution in [1.82, 2.24) is 4.90 Å². The maximum atomic E-state index is 11.4. The van der Waals surface area contributed by atoms with Crippen LogP contribution in [0.1, 0.15) is 33.6 Å². The molecule has 3 nitrogen and oxygen atoms in total. The number of rotatable bonds is 9. The normalized spacial score (nSPS) is 12.5. The van der Waals surface area contributed by atoms with Crippen molar-refractivity contribution in [3.8, 4) is 0 Å². The molecule has 0 aromatic rings. The molecule has 0 rings (SSSR count). The second-order valence-corrected chi connectivity index (χ2v) is 4.18. The number of carbonyl (C=O) groups is 1. The van der Waals surface area contributed by atoms with Crippen LogP contribution in [-0.4, -0.2) is 37.1 Å². The van der Waals surface area contributed by atoms with E-state index in [0.717, 1.165) is 13.1 Å². The average Bonchev–Trinajstić information content (AvgIpc) is 2.18. The van der Waals surface area contributed by atoms with E-state index in [-0.39, 0.29) is 5.97 Å². The van der Waals surface area contributed by atoms with Crippen molar-refractivity contribution in [3.05, 3.63) is 12.7 Å². The van der Waals surface area contributed by atoms with E-state index in [1.165, 1.54) is 12.8 Å². The monoisotopic (exact) mass is 227 g/mol. The lowest BCUT2D eigenvalue weighted by molar-refractivity contribution is -0.144. The Bertz CT molecular complexity index is 204. The third-order valence-electron chi connectivity index (χ3n) is 2.40. The molecule has 0 bridgehead atoms. The van der Waals surface area contributed by atoms with Gasteiger partial charge in [0.15, 0.2) is 0 Å². The van der Waals surface area contributed by atoms with Gasteiger partial charge in [0.05, 0.1) is 13.2 Å². The van der Waals surface area contributed by atoms with Gasteiger partial charge in [-0.25, -0.2) is 0 Å². The SMILES string of the molecule is C=CCN(CC(=O)OCC)CC(C)CCC. The highest BCUT2D eigenvalue weighted by Gasteiger charge is 2.13. The molecule has 0 N–H and O–H groups in total. The van der Waals surface area contributed by atoms with Gasteiger partial charge in [-0.05, 0) is 19.3 Å². The van der Waals surface area contributed by atoms with E-state index in [2.05, 4.69) is 25.3 Å². The average molecular weight is 227 g/mol. The predicted octanol–water partition coefficient (Wildman–Crippen LogP) is 2.47. The summed E-state index contributed by atoms with van der Waals surface area (Å²) in [7, 11) is 0. The van der Waals surface area contributed by atoms with Crippen LogP contribution >= 0.6 is 0 Å². The van der Waals surface area contributed by atoms with Crippen molar-refractivity contribution in [2.45, 2.75) is 33.6 Å². The predicted molar refractivity (Wildman–Crippen MR) is 67.3 cm³/mol. The van der Waals surface area contributed by atoms with Gasteiger partial charge in [0, 0.05) is 13.1 Å². The summed E-state index contributed by atoms with van der Waals surface area (Å²) in [6, 6.07) is 0. The third-order valence-corrected chi connectivity index (χ3v) is 2.40. The smallest absolute Gasteiger partial charge is 0.320 e. The second-order valence-electron chi connectivity index (χ2n) is 4.18. The Labute approximate surface area is 99.5 Å². The van der Waals surface area contributed by atoms with Gasteiger partial charge in [0.25, 0.3) is 0 Å². The van der Waals surface area contributed by atoms with E-state index in [4.69, 9.17) is 4.74 Å². The Kier molecular flexibility index (Phi) is 8.91. The molecule has 0 aliphatic rings. The van der Waals surface area contributed by atoms with Crippen LogP contribution in [0.4, 0.5) is 0 Å². The first kappa shape index (κ1) is 15.2. The molecule has 0 aromatic carbocycles. The molecule has 0 saturated heterocycles. The van der Waals surface area contributed by atoms with Crippen LogP contribution in [0.3, 0.4) is 0 Å². The van der Waals surface area contributed by atoms with Crippen LogP contribution in [0.5, 0.6) is 0 Å². The molecule has 0 spiro atoms. The topological polar surface area (TPSA) is 29.5 Å². The molecular weight excluding hydrogens is 202 g/mol. The lowest BCUT2D eigenvalue weighted by Gasteiger charge is -2.23. The minimum atomic E-state index is -0.145. The Hall–Kier alpha value is -0.830. The standard InChI is InChI=1S/C13H25NO2/c1-5-8-12(4)10-14(9-6-2)11-13(15)16-7-3/h6,12H,2,5,7-11H2,1,3-4H3. The van der Waals surface area contributed by atoms with E-state index in [0.29, 0.717) is 19.1 Å². The quantitative estimate of drug-likeness (QED) is 0.447. The van der Waals surface area contributed by atoms with Crippen LogP contribution in [0, 0.1) is 5.92 Å². The maximum Gasteiger partial charge on any atom is 0.320 e. The number of nitrogens with zero attached hydrogens (tertiary/aromatic N) is 1. The number of esters is 1. The van der Waals surface area contributed by atoms with Crippen molar-refractivity contribution >= 4 is 5.97 Å². The van der Waals surface area contributed by atoms with Gasteiger partial charge in [0.2, 0.25) is 0 Å². The lowest BCUT2D eigenvalue weighted by atomic mass is 10.1. The molecule has 3 heteroatoms. The zero-order chi connectivity index (χ0) is 12.4. The summed E-state index contributed by atoms with van der Waals surface area (Å²) < 4.78 is 4.95. The Morgan fingerprint density at radius 1 is 1.50 bits per heavy atom. The molecule has 0 aromatic heterocycles. The molecule has 1 unspecified atom stereocenters. The van der Waals surface area contributed by atoms with Crippen molar-refractivity contribution in [1.29, 1.82) is 0 Å². The summed E-state index contributed by atoms with van der Waals surface area (Å²) in [4.78, 5) is 13.5. The van der Waals surface area contributed by atoms with E-state index in [1.54, 1.807) is 0 Å². The van der Waals surface area contributed by atoms with Crippen LogP contribution in [-0.2, 0) is 9.53 Å². The molecule has 16 heavy (non-hydrogen) atoms. The Balaban J connectivity index is 4.04. The van der Waals surface area contributed by atoms with Crippen LogP contribution in [0.15, 0.2) is 12.7 Å². The zero-order valence-electron chi connectivity index (χ0n) is 10.9. The Morgan fingerprint density at radius 2 is 2.19 bits per heavy atom. The molecule has 0 fully saturated rings. The molecule has 0 amide bonds. The fourth-order valence-corrected chi connectivity index (χ4v) is 1.80. The number of hydrogen-bond donors (Lipinski definition) is 0. The fourth-order valence-electron chi connectivity index (χ4n) is 1.80. The summed E-state index contributed by atoms with van der Waals surface area (Å²) in [6.07, 6.45) is 4.21. The van der Waals surface area contributed by atoms with E-state index >= 15 is 0 Å². The van der Waals surface area contributed by atoms with Gasteiger partial charge in [-0.2, -0.15) is 0 Å². The highest BCUT2D eigenvalue weighted by atomic mass is 16.5. The van der Waals surface area contributed by atoms with Gasteiger partial charge >= 0.3 is 5.97 Å². The van der Waals surface area contributed by atoms with Gasteiger partial charge in [-0.15, -0.1) is 6.58 Å². The highest BCUT2D eigenvalue weighted by molar-refractivity contribution is 5.71. The minimum absolute atomic E-state index is 0.145. The molecule has 94 valence electrons. The summed E-state index contributed by atoms with van der Waals surface area (Å²) >= 11 is 0. The first-order valence-electron chi connectivity index (χ1n) is 6.12. The molecule has 0 aliphatic heterocycles. The number of ether oxygens (including phenoxy) is 1. The van der Waals surface area contributed by atoms with Crippen LogP contribution in [0.25, 0.3) is 0 Å². The molecule has 0 aliphatic carbocycles. The molecule has 0 radical (unpaired) electrons. The molecule has 1 atom stereocenters. The van der Waals surface area contributed by atoms with Crippen LogP contribution < -0.4 is 0 Å². The van der Waals surface area contributed by atoms with Crippen LogP contribution in [0.2, 0.25) is 0 Å². The van der Waals surface area contributed by atoms with E-state index in [9.17, 15) is 4.79 Å². The van der Waals surface area contributed by atoms with Gasteiger partial charge in [-0.1, -0.05) is 26.3 Å². The first-order valence-corrected chi connectivity index (χ1v) is 6.12. The third kappa shape index (κ3) is 7.46. The van der Waals surface area contributed by atoms with Gasteiger partial charge < -0.3 is 4.74 Å². The second kappa shape index (κ2) is 9.40. The summed E-state index contributed by atoms with van der Waals surface area (Å²) in [5, 5.41) is 0. The van der Waals surface area contributed by atoms with Gasteiger partial charge in [0.1, 0.15) is 0 Å². The minimum Gasteiger partial charge on any atom is -0.465 e. The lowest BCUT2D eigenvalue weighted by Crippen LogP contribution is -2.34. The summed E-state index contributed by atoms with van der Waals surface area (Å²) in [6.45, 7) is 12.4. The molecular formula is C13H25NO2. The largest absolute Gasteiger partial charge is 0.465 e. The molecule has 0 heterocycles. The fraction of sp³-hybridized carbons (Fsp3) is 0.769. The van der Waals surface area contributed by atoms with Gasteiger partial charge in [-0.3, -0.25) is 9.69 Å². The van der Waals surface area contributed by atoms with E-state index < -0.39 is 0 Å². The maximum absolute atomic E-state index is 11.4. The first-order chi connectivity index (χ1) is 7.63. The van der Waals surface area contributed by atoms with Crippen molar-refractivity contribution < 1.29 is 9.53 Å². The Morgan fingerprint density at radius 3 is 2.69 bits per heavy atom. The van der Waals surface area contributed by atoms with E-state index in [1.807, 2.05) is 13.0 Å². The summed E-state index contributed by atoms with van der Waals surface area (Å²) in [5.74, 6) is 0.465. The van der Waals surface area contributed by atoms with Crippen molar-refractivity contribution in [3.63, 3.8) is 0 Å². The molecule has 0 saturated carbocycles. The number of hydrogen-bond acceptors (Lipinski definition) is 3. The highest BCUT2D eigenvalue weighted by Crippen LogP contribution is 2.07. The van der Waals surface area contributed by atoms with Crippen molar-refractivity contribution in [2.75, 3.05) is 26.2 Å².